The van der Waals surface area contributed by atoms with Crippen molar-refractivity contribution in [2.24, 2.45) is 0 Å². The van der Waals surface area contributed by atoms with Crippen LogP contribution in [-0.4, -0.2) is 5.91 Å². The Balaban J connectivity index is 2.24. The van der Waals surface area contributed by atoms with Crippen molar-refractivity contribution in [1.29, 1.82) is 0 Å². The van der Waals surface area contributed by atoms with E-state index < -0.39 is 17.5 Å². The lowest BCUT2D eigenvalue weighted by atomic mass is 10.3. The van der Waals surface area contributed by atoms with Crippen LogP contribution in [-0.2, 0) is 0 Å². The second-order valence-electron chi connectivity index (χ2n) is 3.68. The molecule has 18 heavy (non-hydrogen) atoms. The van der Waals surface area contributed by atoms with Crippen LogP contribution < -0.4 is 11.1 Å². The van der Waals surface area contributed by atoms with Crippen molar-refractivity contribution < 1.29 is 13.6 Å². The molecule has 0 aliphatic carbocycles. The second kappa shape index (κ2) is 4.73. The molecule has 0 saturated carbocycles. The zero-order valence-electron chi connectivity index (χ0n) is 9.46. The van der Waals surface area contributed by atoms with E-state index in [2.05, 4.69) is 5.32 Å². The quantitative estimate of drug-likeness (QED) is 0.879. The monoisotopic (exact) mass is 268 g/mol. The van der Waals surface area contributed by atoms with Gasteiger partial charge in [0.2, 0.25) is 0 Å². The van der Waals surface area contributed by atoms with Gasteiger partial charge >= 0.3 is 0 Å². The van der Waals surface area contributed by atoms with E-state index in [9.17, 15) is 13.6 Å². The first-order chi connectivity index (χ1) is 8.49. The van der Waals surface area contributed by atoms with Crippen molar-refractivity contribution in [3.63, 3.8) is 0 Å². The number of benzene rings is 1. The van der Waals surface area contributed by atoms with Gasteiger partial charge in [-0.2, -0.15) is 0 Å². The zero-order chi connectivity index (χ0) is 13.3. The summed E-state index contributed by atoms with van der Waals surface area (Å²) in [7, 11) is 0. The molecule has 0 fully saturated rings. The Hall–Kier alpha value is -1.95. The van der Waals surface area contributed by atoms with Crippen LogP contribution in [0, 0.1) is 18.6 Å². The van der Waals surface area contributed by atoms with Crippen molar-refractivity contribution >= 4 is 28.6 Å². The molecule has 0 bridgehead atoms. The number of carbonyl (C=O) groups is 1. The van der Waals surface area contributed by atoms with Gasteiger partial charge in [0.05, 0.1) is 10.6 Å². The molecule has 6 heteroatoms. The first-order valence-corrected chi connectivity index (χ1v) is 5.92. The molecule has 0 radical (unpaired) electrons. The minimum Gasteiger partial charge on any atom is -0.398 e. The van der Waals surface area contributed by atoms with Gasteiger partial charge in [-0.05, 0) is 25.1 Å². The number of carbonyl (C=O) groups excluding carboxylic acids is 1. The number of halogens is 2. The molecule has 1 aromatic heterocycles. The van der Waals surface area contributed by atoms with E-state index in [1.54, 1.807) is 6.92 Å². The average Bonchev–Trinajstić information content (AvgIpc) is 2.66. The number of thiophene rings is 1. The van der Waals surface area contributed by atoms with Gasteiger partial charge in [0.1, 0.15) is 0 Å². The Kier molecular flexibility index (Phi) is 3.29. The van der Waals surface area contributed by atoms with Gasteiger partial charge in [0.15, 0.2) is 11.6 Å². The summed E-state index contributed by atoms with van der Waals surface area (Å²) in [5.41, 5.74) is 5.94. The summed E-state index contributed by atoms with van der Waals surface area (Å²) in [4.78, 5) is 13.0. The van der Waals surface area contributed by atoms with Gasteiger partial charge in [-0.25, -0.2) is 8.78 Å². The topological polar surface area (TPSA) is 55.1 Å². The molecule has 1 heterocycles. The summed E-state index contributed by atoms with van der Waals surface area (Å²) in [5, 5.41) is 2.31. The number of hydrogen-bond acceptors (Lipinski definition) is 3. The highest BCUT2D eigenvalue weighted by Crippen LogP contribution is 2.25. The third kappa shape index (κ3) is 2.33. The Labute approximate surface area is 106 Å². The maximum absolute atomic E-state index is 13.4. The number of rotatable bonds is 2. The molecule has 3 nitrogen and oxygen atoms in total. The third-order valence-electron chi connectivity index (χ3n) is 2.38. The van der Waals surface area contributed by atoms with Crippen LogP contribution in [0.3, 0.4) is 0 Å². The van der Waals surface area contributed by atoms with Crippen LogP contribution in [0.1, 0.15) is 14.5 Å². The summed E-state index contributed by atoms with van der Waals surface area (Å²) >= 11 is 1.20. The van der Waals surface area contributed by atoms with Crippen molar-refractivity contribution in [3.8, 4) is 0 Å². The highest BCUT2D eigenvalue weighted by molar-refractivity contribution is 7.14. The van der Waals surface area contributed by atoms with E-state index >= 15 is 0 Å². The molecular weight excluding hydrogens is 258 g/mol. The van der Waals surface area contributed by atoms with E-state index in [-0.39, 0.29) is 5.69 Å². The molecule has 0 aliphatic heterocycles. The molecule has 0 atom stereocenters. The zero-order valence-corrected chi connectivity index (χ0v) is 10.3. The Morgan fingerprint density at radius 3 is 2.72 bits per heavy atom. The molecule has 2 aromatic rings. The fourth-order valence-corrected chi connectivity index (χ4v) is 2.23. The lowest BCUT2D eigenvalue weighted by Gasteiger charge is -2.04. The average molecular weight is 268 g/mol. The molecule has 94 valence electrons. The third-order valence-corrected chi connectivity index (χ3v) is 3.44. The van der Waals surface area contributed by atoms with Gasteiger partial charge in [-0.15, -0.1) is 11.3 Å². The summed E-state index contributed by atoms with van der Waals surface area (Å²) in [6, 6.07) is 5.10. The van der Waals surface area contributed by atoms with Crippen LogP contribution in [0.25, 0.3) is 0 Å². The highest BCUT2D eigenvalue weighted by Gasteiger charge is 2.14. The highest BCUT2D eigenvalue weighted by atomic mass is 32.1. The van der Waals surface area contributed by atoms with E-state index in [1.807, 2.05) is 0 Å². The normalized spacial score (nSPS) is 10.4. The number of nitrogen functional groups attached to an aromatic ring is 1. The first-order valence-electron chi connectivity index (χ1n) is 5.10. The first kappa shape index (κ1) is 12.5. The fraction of sp³-hybridized carbons (Fsp3) is 0.0833. The predicted molar refractivity (Wildman–Crippen MR) is 67.8 cm³/mol. The molecule has 3 N–H and O–H groups in total. The molecule has 0 spiro atoms. The van der Waals surface area contributed by atoms with Crippen LogP contribution in [0.5, 0.6) is 0 Å². The molecule has 0 saturated heterocycles. The van der Waals surface area contributed by atoms with Crippen LogP contribution in [0.15, 0.2) is 24.3 Å². The SMILES string of the molecule is Cc1sc(C(=O)Nc2cccc(F)c2F)cc1N. The van der Waals surface area contributed by atoms with Gasteiger partial charge in [-0.3, -0.25) is 4.79 Å². The van der Waals surface area contributed by atoms with Gasteiger partial charge in [0, 0.05) is 10.6 Å². The lowest BCUT2D eigenvalue weighted by Crippen LogP contribution is -2.12. The summed E-state index contributed by atoms with van der Waals surface area (Å²) < 4.78 is 26.3. The summed E-state index contributed by atoms with van der Waals surface area (Å²) in [6.45, 7) is 1.78. The molecular formula is C12H10F2N2OS. The minimum absolute atomic E-state index is 0.190. The number of aryl methyl sites for hydroxylation is 1. The summed E-state index contributed by atoms with van der Waals surface area (Å²) in [5.74, 6) is -2.59. The molecule has 1 amide bonds. The Morgan fingerprint density at radius 1 is 1.39 bits per heavy atom. The largest absolute Gasteiger partial charge is 0.398 e. The van der Waals surface area contributed by atoms with Crippen molar-refractivity contribution in [1.82, 2.24) is 0 Å². The van der Waals surface area contributed by atoms with E-state index in [4.69, 9.17) is 5.73 Å². The van der Waals surface area contributed by atoms with Gasteiger partial charge in [-0.1, -0.05) is 6.07 Å². The number of amides is 1. The molecule has 1 aromatic carbocycles. The maximum Gasteiger partial charge on any atom is 0.265 e. The number of hydrogen-bond donors (Lipinski definition) is 2. The van der Waals surface area contributed by atoms with Crippen molar-refractivity contribution in [3.05, 3.63) is 45.7 Å². The number of nitrogens with one attached hydrogen (secondary N) is 1. The maximum atomic E-state index is 13.4. The van der Waals surface area contributed by atoms with Gasteiger partial charge in [0.25, 0.3) is 5.91 Å². The van der Waals surface area contributed by atoms with Gasteiger partial charge < -0.3 is 11.1 Å². The Morgan fingerprint density at radius 2 is 2.11 bits per heavy atom. The molecule has 2 rings (SSSR count). The van der Waals surface area contributed by atoms with Crippen molar-refractivity contribution in [2.75, 3.05) is 11.1 Å². The number of nitrogens with two attached hydrogens (primary N) is 1. The van der Waals surface area contributed by atoms with E-state index in [1.165, 1.54) is 29.5 Å². The summed E-state index contributed by atoms with van der Waals surface area (Å²) in [6.07, 6.45) is 0. The Bertz CT molecular complexity index is 591. The fourth-order valence-electron chi connectivity index (χ4n) is 1.39. The predicted octanol–water partition coefficient (Wildman–Crippen LogP) is 3.17. The van der Waals surface area contributed by atoms with E-state index in [0.717, 1.165) is 10.9 Å². The standard InChI is InChI=1S/C12H10F2N2OS/c1-6-8(15)5-10(18-6)12(17)16-9-4-2-3-7(13)11(9)14/h2-5H,15H2,1H3,(H,16,17). The molecule has 0 unspecified atom stereocenters. The van der Waals surface area contributed by atoms with E-state index in [0.29, 0.717) is 10.6 Å². The lowest BCUT2D eigenvalue weighted by molar-refractivity contribution is 0.103. The van der Waals surface area contributed by atoms with Crippen molar-refractivity contribution in [2.45, 2.75) is 6.92 Å². The second-order valence-corrected chi connectivity index (χ2v) is 4.93. The number of anilines is 2. The smallest absolute Gasteiger partial charge is 0.265 e. The van der Waals surface area contributed by atoms with Crippen LogP contribution in [0.2, 0.25) is 0 Å². The van der Waals surface area contributed by atoms with Crippen LogP contribution in [0.4, 0.5) is 20.2 Å². The van der Waals surface area contributed by atoms with Crippen LogP contribution >= 0.6 is 11.3 Å². The molecule has 0 aliphatic rings. The minimum atomic E-state index is -1.08.